The molecular weight excluding hydrogens is 298 g/mol. The number of benzene rings is 1. The summed E-state index contributed by atoms with van der Waals surface area (Å²) in [6, 6.07) is 8.86. The average Bonchev–Trinajstić information content (AvgIpc) is 2.33. The van der Waals surface area contributed by atoms with Gasteiger partial charge in [-0.05, 0) is 46.6 Å². The first kappa shape index (κ1) is 12.5. The number of nitrogens with zero attached hydrogens (tertiary/aromatic N) is 2. The zero-order valence-electron chi connectivity index (χ0n) is 9.55. The van der Waals surface area contributed by atoms with Crippen LogP contribution in [0.5, 0.6) is 0 Å². The topological polar surface area (TPSA) is 68.1 Å². The van der Waals surface area contributed by atoms with E-state index in [9.17, 15) is 10.1 Å². The second-order valence-electron chi connectivity index (χ2n) is 3.77. The molecule has 0 aliphatic heterocycles. The minimum atomic E-state index is -0.474. The largest absolute Gasteiger partial charge is 0.339 e. The van der Waals surface area contributed by atoms with Crippen molar-refractivity contribution in [2.45, 2.75) is 6.92 Å². The number of anilines is 2. The van der Waals surface area contributed by atoms with Crippen LogP contribution in [0, 0.1) is 17.0 Å². The highest BCUT2D eigenvalue weighted by atomic mass is 79.9. The van der Waals surface area contributed by atoms with Gasteiger partial charge in [0.05, 0.1) is 10.6 Å². The fourth-order valence-corrected chi connectivity index (χ4v) is 2.02. The normalized spacial score (nSPS) is 10.1. The first-order valence-corrected chi connectivity index (χ1v) is 5.99. The smallest absolute Gasteiger partial charge is 0.287 e. The van der Waals surface area contributed by atoms with Crippen molar-refractivity contribution >= 4 is 33.1 Å². The van der Waals surface area contributed by atoms with Crippen LogP contribution >= 0.6 is 15.9 Å². The molecule has 92 valence electrons. The molecule has 0 aliphatic carbocycles. The number of pyridine rings is 1. The molecule has 1 aromatic carbocycles. The van der Waals surface area contributed by atoms with Crippen LogP contribution in [0.25, 0.3) is 0 Å². The summed E-state index contributed by atoms with van der Waals surface area (Å²) in [4.78, 5) is 14.0. The Morgan fingerprint density at radius 1 is 1.33 bits per heavy atom. The molecule has 0 amide bonds. The first-order valence-electron chi connectivity index (χ1n) is 5.20. The van der Waals surface area contributed by atoms with Crippen molar-refractivity contribution in [3.05, 3.63) is 56.7 Å². The van der Waals surface area contributed by atoms with Crippen molar-refractivity contribution in [2.75, 3.05) is 5.32 Å². The number of rotatable bonds is 3. The molecule has 5 nitrogen and oxygen atoms in total. The van der Waals surface area contributed by atoms with Crippen molar-refractivity contribution in [3.63, 3.8) is 0 Å². The summed E-state index contributed by atoms with van der Waals surface area (Å²) in [6.07, 6.45) is 1.23. The number of halogens is 1. The van der Waals surface area contributed by atoms with Gasteiger partial charge >= 0.3 is 0 Å². The Kier molecular flexibility index (Phi) is 3.57. The fourth-order valence-electron chi connectivity index (χ4n) is 1.43. The van der Waals surface area contributed by atoms with Crippen LogP contribution in [0.3, 0.4) is 0 Å². The van der Waals surface area contributed by atoms with E-state index in [4.69, 9.17) is 0 Å². The average molecular weight is 308 g/mol. The Bertz CT molecular complexity index is 584. The van der Waals surface area contributed by atoms with Gasteiger partial charge < -0.3 is 5.32 Å². The summed E-state index contributed by atoms with van der Waals surface area (Å²) in [6.45, 7) is 2.00. The zero-order chi connectivity index (χ0) is 13.1. The van der Waals surface area contributed by atoms with Crippen LogP contribution in [0.1, 0.15) is 5.56 Å². The molecule has 18 heavy (non-hydrogen) atoms. The highest BCUT2D eigenvalue weighted by Gasteiger charge is 2.06. The molecule has 0 bridgehead atoms. The van der Waals surface area contributed by atoms with Crippen LogP contribution in [-0.4, -0.2) is 9.91 Å². The molecule has 1 N–H and O–H groups in total. The summed E-state index contributed by atoms with van der Waals surface area (Å²) in [5.41, 5.74) is 1.98. The maximum atomic E-state index is 10.5. The summed E-state index contributed by atoms with van der Waals surface area (Å²) >= 11 is 3.44. The molecule has 1 heterocycles. The predicted molar refractivity (Wildman–Crippen MR) is 73.1 cm³/mol. The molecule has 0 spiro atoms. The lowest BCUT2D eigenvalue weighted by atomic mass is 10.2. The lowest BCUT2D eigenvalue weighted by molar-refractivity contribution is -0.385. The van der Waals surface area contributed by atoms with Gasteiger partial charge in [0.2, 0.25) is 0 Å². The second kappa shape index (κ2) is 5.14. The quantitative estimate of drug-likeness (QED) is 0.691. The van der Waals surface area contributed by atoms with Gasteiger partial charge in [-0.2, -0.15) is 0 Å². The number of hydrogen-bond acceptors (Lipinski definition) is 4. The highest BCUT2D eigenvalue weighted by molar-refractivity contribution is 9.10. The van der Waals surface area contributed by atoms with Gasteiger partial charge in [-0.25, -0.2) is 4.98 Å². The Balaban J connectivity index is 2.21. The molecule has 0 radical (unpaired) electrons. The Labute approximate surface area is 112 Å². The zero-order valence-corrected chi connectivity index (χ0v) is 11.1. The van der Waals surface area contributed by atoms with Gasteiger partial charge in [0.15, 0.2) is 0 Å². The van der Waals surface area contributed by atoms with E-state index in [0.717, 1.165) is 15.7 Å². The van der Waals surface area contributed by atoms with E-state index < -0.39 is 4.92 Å². The van der Waals surface area contributed by atoms with Crippen LogP contribution < -0.4 is 5.32 Å². The van der Waals surface area contributed by atoms with E-state index in [1.54, 1.807) is 6.07 Å². The minimum Gasteiger partial charge on any atom is -0.339 e. The molecule has 0 aliphatic rings. The molecule has 0 atom stereocenters. The number of nitrogens with one attached hydrogen (secondary N) is 1. The number of aryl methyl sites for hydroxylation is 1. The highest BCUT2D eigenvalue weighted by Crippen LogP contribution is 2.26. The molecule has 1 aromatic heterocycles. The SMILES string of the molecule is Cc1ccc(Nc2ccc([N+](=O)[O-])cn2)c(Br)c1. The van der Waals surface area contributed by atoms with Crippen LogP contribution in [0.4, 0.5) is 17.2 Å². The summed E-state index contributed by atoms with van der Waals surface area (Å²) in [7, 11) is 0. The van der Waals surface area contributed by atoms with Crippen molar-refractivity contribution < 1.29 is 4.92 Å². The standard InChI is InChI=1S/C12H10BrN3O2/c1-8-2-4-11(10(13)6-8)15-12-5-3-9(7-14-12)16(17)18/h2-7H,1H3,(H,14,15). The summed E-state index contributed by atoms with van der Waals surface area (Å²) < 4.78 is 0.919. The summed E-state index contributed by atoms with van der Waals surface area (Å²) in [5, 5.41) is 13.6. The number of nitro groups is 1. The third-order valence-corrected chi connectivity index (χ3v) is 3.00. The molecule has 0 fully saturated rings. The lowest BCUT2D eigenvalue weighted by Crippen LogP contribution is -1.96. The second-order valence-corrected chi connectivity index (χ2v) is 4.62. The monoisotopic (exact) mass is 307 g/mol. The van der Waals surface area contributed by atoms with Crippen LogP contribution in [0.2, 0.25) is 0 Å². The molecule has 0 saturated heterocycles. The van der Waals surface area contributed by atoms with E-state index in [-0.39, 0.29) is 5.69 Å². The van der Waals surface area contributed by atoms with Gasteiger partial charge in [-0.3, -0.25) is 10.1 Å². The van der Waals surface area contributed by atoms with Gasteiger partial charge in [0.1, 0.15) is 12.0 Å². The van der Waals surface area contributed by atoms with Crippen molar-refractivity contribution in [2.24, 2.45) is 0 Å². The molecular formula is C12H10BrN3O2. The van der Waals surface area contributed by atoms with E-state index >= 15 is 0 Å². The Morgan fingerprint density at radius 2 is 2.11 bits per heavy atom. The molecule has 6 heteroatoms. The van der Waals surface area contributed by atoms with E-state index in [1.165, 1.54) is 12.3 Å². The third kappa shape index (κ3) is 2.84. The third-order valence-electron chi connectivity index (χ3n) is 2.35. The number of aromatic nitrogens is 1. The summed E-state index contributed by atoms with van der Waals surface area (Å²) in [5.74, 6) is 0.560. The minimum absolute atomic E-state index is 0.0245. The molecule has 0 unspecified atom stereocenters. The van der Waals surface area contributed by atoms with E-state index in [1.807, 2.05) is 25.1 Å². The lowest BCUT2D eigenvalue weighted by Gasteiger charge is -2.08. The van der Waals surface area contributed by atoms with Crippen LogP contribution in [-0.2, 0) is 0 Å². The van der Waals surface area contributed by atoms with Gasteiger partial charge in [0, 0.05) is 10.5 Å². The maximum Gasteiger partial charge on any atom is 0.287 e. The molecule has 2 rings (SSSR count). The first-order chi connectivity index (χ1) is 8.56. The molecule has 2 aromatic rings. The fraction of sp³-hybridized carbons (Fsp3) is 0.0833. The van der Waals surface area contributed by atoms with Crippen LogP contribution in [0.15, 0.2) is 41.0 Å². The Morgan fingerprint density at radius 3 is 2.67 bits per heavy atom. The van der Waals surface area contributed by atoms with Gasteiger partial charge in [0.25, 0.3) is 5.69 Å². The van der Waals surface area contributed by atoms with E-state index in [2.05, 4.69) is 26.2 Å². The van der Waals surface area contributed by atoms with Crippen molar-refractivity contribution in [1.29, 1.82) is 0 Å². The maximum absolute atomic E-state index is 10.5. The van der Waals surface area contributed by atoms with E-state index in [0.29, 0.717) is 5.82 Å². The van der Waals surface area contributed by atoms with Crippen molar-refractivity contribution in [3.8, 4) is 0 Å². The van der Waals surface area contributed by atoms with Crippen molar-refractivity contribution in [1.82, 2.24) is 4.98 Å². The number of hydrogen-bond donors (Lipinski definition) is 1. The predicted octanol–water partition coefficient (Wildman–Crippen LogP) is 3.80. The van der Waals surface area contributed by atoms with Gasteiger partial charge in [-0.1, -0.05) is 6.07 Å². The van der Waals surface area contributed by atoms with Gasteiger partial charge in [-0.15, -0.1) is 0 Å². The molecule has 0 saturated carbocycles. The Hall–Kier alpha value is -1.95.